The van der Waals surface area contributed by atoms with Crippen molar-refractivity contribution in [1.82, 2.24) is 0 Å². The third kappa shape index (κ3) is 9.60. The van der Waals surface area contributed by atoms with E-state index in [-0.39, 0.29) is 0 Å². The molecular weight excluding hydrogens is 256 g/mol. The first-order valence-corrected chi connectivity index (χ1v) is 9.92. The van der Waals surface area contributed by atoms with E-state index in [1.165, 1.54) is 51.4 Å². The summed E-state index contributed by atoms with van der Waals surface area (Å²) in [6, 6.07) is 0.845. The second-order valence-corrected chi connectivity index (χ2v) is 8.30. The maximum atomic E-state index is 5.83. The van der Waals surface area contributed by atoms with Crippen molar-refractivity contribution in [2.75, 3.05) is 20.8 Å². The van der Waals surface area contributed by atoms with Gasteiger partial charge in [0.25, 0.3) is 0 Å². The zero-order valence-electron chi connectivity index (χ0n) is 13.5. The summed E-state index contributed by atoms with van der Waals surface area (Å²) in [5.41, 5.74) is 0. The Labute approximate surface area is 121 Å². The maximum absolute atomic E-state index is 5.83. The second kappa shape index (κ2) is 13.1. The average molecular weight is 291 g/mol. The summed E-state index contributed by atoms with van der Waals surface area (Å²) in [4.78, 5) is 0. The fourth-order valence-electron chi connectivity index (χ4n) is 2.23. The van der Waals surface area contributed by atoms with Gasteiger partial charge in [-0.05, 0) is 6.42 Å². The van der Waals surface area contributed by atoms with Crippen LogP contribution >= 0.6 is 0 Å². The predicted octanol–water partition coefficient (Wildman–Crippen LogP) is 4.79. The van der Waals surface area contributed by atoms with Crippen LogP contribution in [0.25, 0.3) is 0 Å². The maximum Gasteiger partial charge on any atom is 0.500 e. The second-order valence-electron chi connectivity index (χ2n) is 5.12. The van der Waals surface area contributed by atoms with E-state index in [0.29, 0.717) is 0 Å². The molecule has 0 rings (SSSR count). The quantitative estimate of drug-likeness (QED) is 0.340. The van der Waals surface area contributed by atoms with Crippen molar-refractivity contribution in [2.45, 2.75) is 77.7 Å². The monoisotopic (exact) mass is 290 g/mol. The molecule has 0 unspecified atom stereocenters. The van der Waals surface area contributed by atoms with Gasteiger partial charge in [-0.2, -0.15) is 0 Å². The van der Waals surface area contributed by atoms with E-state index >= 15 is 0 Å². The van der Waals surface area contributed by atoms with Crippen molar-refractivity contribution in [3.63, 3.8) is 0 Å². The van der Waals surface area contributed by atoms with Crippen LogP contribution in [-0.4, -0.2) is 29.6 Å². The largest absolute Gasteiger partial charge is 0.500 e. The average Bonchev–Trinajstić information content (AvgIpc) is 2.46. The normalized spacial score (nSPS) is 12.0. The first-order chi connectivity index (χ1) is 9.24. The number of hydrogen-bond donors (Lipinski definition) is 0. The lowest BCUT2D eigenvalue weighted by atomic mass is 10.1. The highest BCUT2D eigenvalue weighted by Gasteiger charge is 2.36. The molecule has 0 aliphatic rings. The number of hydrogen-bond acceptors (Lipinski definition) is 3. The zero-order chi connectivity index (χ0) is 14.4. The van der Waals surface area contributed by atoms with Crippen LogP contribution in [0.2, 0.25) is 6.04 Å². The van der Waals surface area contributed by atoms with E-state index in [1.54, 1.807) is 14.2 Å². The standard InChI is InChI=1S/C15H34O3Si/c1-5-7-8-9-10-11-12-13-14-15-18-19(6-2,16-3)17-4/h5-15H2,1-4H3. The summed E-state index contributed by atoms with van der Waals surface area (Å²) in [6.07, 6.45) is 12.0. The Balaban J connectivity index is 3.35. The summed E-state index contributed by atoms with van der Waals surface area (Å²) >= 11 is 0. The molecule has 0 atom stereocenters. The summed E-state index contributed by atoms with van der Waals surface area (Å²) in [5.74, 6) is 0. The summed E-state index contributed by atoms with van der Waals surface area (Å²) in [5, 5.41) is 0. The topological polar surface area (TPSA) is 27.7 Å². The first kappa shape index (κ1) is 19.1. The van der Waals surface area contributed by atoms with Gasteiger partial charge in [-0.15, -0.1) is 0 Å². The fourth-order valence-corrected chi connectivity index (χ4v) is 3.87. The molecule has 0 aromatic carbocycles. The van der Waals surface area contributed by atoms with Crippen molar-refractivity contribution in [2.24, 2.45) is 0 Å². The number of unbranched alkanes of at least 4 members (excludes halogenated alkanes) is 8. The molecule has 116 valence electrons. The molecule has 0 aliphatic heterocycles. The van der Waals surface area contributed by atoms with Crippen molar-refractivity contribution in [1.29, 1.82) is 0 Å². The Morgan fingerprint density at radius 3 is 1.58 bits per heavy atom. The van der Waals surface area contributed by atoms with Gasteiger partial charge in [0, 0.05) is 26.9 Å². The molecule has 0 amide bonds. The Morgan fingerprint density at radius 1 is 0.684 bits per heavy atom. The van der Waals surface area contributed by atoms with Gasteiger partial charge in [0.2, 0.25) is 0 Å². The minimum atomic E-state index is -2.31. The molecule has 0 aromatic rings. The van der Waals surface area contributed by atoms with E-state index in [2.05, 4.69) is 13.8 Å². The lowest BCUT2D eigenvalue weighted by Gasteiger charge is -2.24. The SMILES string of the molecule is CCCCCCCCCCCO[Si](CC)(OC)OC. The highest BCUT2D eigenvalue weighted by Crippen LogP contribution is 2.14. The van der Waals surface area contributed by atoms with Gasteiger partial charge in [0.05, 0.1) is 0 Å². The van der Waals surface area contributed by atoms with Crippen LogP contribution in [0.1, 0.15) is 71.6 Å². The third-order valence-electron chi connectivity index (χ3n) is 3.62. The van der Waals surface area contributed by atoms with Crippen LogP contribution in [0.3, 0.4) is 0 Å². The lowest BCUT2D eigenvalue weighted by molar-refractivity contribution is 0.0976. The molecule has 19 heavy (non-hydrogen) atoms. The highest BCUT2D eigenvalue weighted by molar-refractivity contribution is 6.60. The number of rotatable bonds is 14. The highest BCUT2D eigenvalue weighted by atomic mass is 28.4. The summed E-state index contributed by atoms with van der Waals surface area (Å²) < 4.78 is 16.7. The van der Waals surface area contributed by atoms with Crippen LogP contribution < -0.4 is 0 Å². The molecule has 0 heterocycles. The van der Waals surface area contributed by atoms with E-state index in [9.17, 15) is 0 Å². The van der Waals surface area contributed by atoms with Crippen LogP contribution in [0.15, 0.2) is 0 Å². The van der Waals surface area contributed by atoms with Gasteiger partial charge in [0.1, 0.15) is 0 Å². The predicted molar refractivity (Wildman–Crippen MR) is 83.4 cm³/mol. The molecule has 0 radical (unpaired) electrons. The summed E-state index contributed by atoms with van der Waals surface area (Å²) in [7, 11) is 1.07. The van der Waals surface area contributed by atoms with Crippen molar-refractivity contribution in [3.05, 3.63) is 0 Å². The van der Waals surface area contributed by atoms with Crippen molar-refractivity contribution < 1.29 is 13.3 Å². The zero-order valence-corrected chi connectivity index (χ0v) is 14.5. The van der Waals surface area contributed by atoms with Crippen molar-refractivity contribution in [3.8, 4) is 0 Å². The van der Waals surface area contributed by atoms with Crippen LogP contribution in [0.5, 0.6) is 0 Å². The molecular formula is C15H34O3Si. The van der Waals surface area contributed by atoms with Gasteiger partial charge >= 0.3 is 8.80 Å². The molecule has 0 spiro atoms. The van der Waals surface area contributed by atoms with E-state index in [4.69, 9.17) is 13.3 Å². The fraction of sp³-hybridized carbons (Fsp3) is 1.00. The Bertz CT molecular complexity index is 176. The lowest BCUT2D eigenvalue weighted by Crippen LogP contribution is -2.43. The van der Waals surface area contributed by atoms with Crippen molar-refractivity contribution >= 4 is 8.80 Å². The van der Waals surface area contributed by atoms with E-state index in [0.717, 1.165) is 19.1 Å². The Kier molecular flexibility index (Phi) is 13.2. The third-order valence-corrected chi connectivity index (χ3v) is 6.38. The minimum absolute atomic E-state index is 0.775. The minimum Gasteiger partial charge on any atom is -0.377 e. The van der Waals surface area contributed by atoms with E-state index < -0.39 is 8.80 Å². The first-order valence-electron chi connectivity index (χ1n) is 7.99. The van der Waals surface area contributed by atoms with E-state index in [1.807, 2.05) is 0 Å². The molecule has 0 fully saturated rings. The Hall–Kier alpha value is 0.0969. The van der Waals surface area contributed by atoms with Crippen LogP contribution in [0.4, 0.5) is 0 Å². The van der Waals surface area contributed by atoms with Gasteiger partial charge in [-0.25, -0.2) is 0 Å². The molecule has 3 nitrogen and oxygen atoms in total. The van der Waals surface area contributed by atoms with Gasteiger partial charge in [-0.1, -0.05) is 65.2 Å². The molecule has 0 aliphatic carbocycles. The smallest absolute Gasteiger partial charge is 0.377 e. The Morgan fingerprint density at radius 2 is 1.16 bits per heavy atom. The van der Waals surface area contributed by atoms with Gasteiger partial charge < -0.3 is 13.3 Å². The molecule has 0 saturated carbocycles. The van der Waals surface area contributed by atoms with Crippen LogP contribution in [0, 0.1) is 0 Å². The van der Waals surface area contributed by atoms with Crippen LogP contribution in [-0.2, 0) is 13.3 Å². The molecule has 4 heteroatoms. The molecule has 0 N–H and O–H groups in total. The van der Waals surface area contributed by atoms with Gasteiger partial charge in [-0.3, -0.25) is 0 Å². The molecule has 0 saturated heterocycles. The molecule has 0 aromatic heterocycles. The van der Waals surface area contributed by atoms with Gasteiger partial charge in [0.15, 0.2) is 0 Å². The molecule has 0 bridgehead atoms. The summed E-state index contributed by atoms with van der Waals surface area (Å²) in [6.45, 7) is 5.10.